The van der Waals surface area contributed by atoms with Crippen molar-refractivity contribution in [3.8, 4) is 11.3 Å². The Kier molecular flexibility index (Phi) is 3.85. The van der Waals surface area contributed by atoms with Crippen LogP contribution in [-0.4, -0.2) is 10.9 Å². The fourth-order valence-electron chi connectivity index (χ4n) is 2.01. The highest BCUT2D eigenvalue weighted by Gasteiger charge is 2.12. The molecule has 2 aromatic rings. The lowest BCUT2D eigenvalue weighted by Gasteiger charge is -2.06. The topological polar surface area (TPSA) is 12.9 Å². The maximum atomic E-state index is 5.85. The molecule has 0 saturated carbocycles. The molecule has 1 heterocycles. The molecule has 0 amide bonds. The Morgan fingerprint density at radius 1 is 1.24 bits per heavy atom. The van der Waals surface area contributed by atoms with Crippen LogP contribution in [0, 0.1) is 20.8 Å². The van der Waals surface area contributed by atoms with Gasteiger partial charge in [0.25, 0.3) is 0 Å². The number of hydrogen-bond acceptors (Lipinski definition) is 2. The number of hydrogen-bond donors (Lipinski definition) is 0. The highest BCUT2D eigenvalue weighted by atomic mass is 35.5. The van der Waals surface area contributed by atoms with Crippen LogP contribution < -0.4 is 0 Å². The summed E-state index contributed by atoms with van der Waals surface area (Å²) in [5.41, 5.74) is 4.92. The van der Waals surface area contributed by atoms with Crippen molar-refractivity contribution in [2.45, 2.75) is 27.2 Å². The molecule has 0 N–H and O–H groups in total. The summed E-state index contributed by atoms with van der Waals surface area (Å²) in [5, 5.41) is 1.11. The number of aryl methyl sites for hydroxylation is 4. The molecule has 1 aromatic heterocycles. The van der Waals surface area contributed by atoms with Gasteiger partial charge >= 0.3 is 0 Å². The molecule has 0 saturated heterocycles. The minimum Gasteiger partial charge on any atom is -0.241 e. The zero-order valence-corrected chi connectivity index (χ0v) is 12.0. The second-order valence-corrected chi connectivity index (χ2v) is 5.93. The van der Waals surface area contributed by atoms with Crippen LogP contribution in [0.2, 0.25) is 0 Å². The fraction of sp³-hybridized carbons (Fsp3) is 0.357. The van der Waals surface area contributed by atoms with Gasteiger partial charge in [0.2, 0.25) is 0 Å². The van der Waals surface area contributed by atoms with Gasteiger partial charge < -0.3 is 0 Å². The first kappa shape index (κ1) is 12.6. The minimum atomic E-state index is 0.652. The lowest BCUT2D eigenvalue weighted by Crippen LogP contribution is -1.90. The van der Waals surface area contributed by atoms with Crippen LogP contribution in [0.15, 0.2) is 18.2 Å². The Morgan fingerprint density at radius 3 is 2.65 bits per heavy atom. The van der Waals surface area contributed by atoms with Gasteiger partial charge in [0.1, 0.15) is 0 Å². The van der Waals surface area contributed by atoms with Gasteiger partial charge in [-0.25, -0.2) is 4.98 Å². The first-order valence-electron chi connectivity index (χ1n) is 5.71. The summed E-state index contributed by atoms with van der Waals surface area (Å²) in [6, 6.07) is 6.51. The summed E-state index contributed by atoms with van der Waals surface area (Å²) in [6.07, 6.45) is 0.899. The van der Waals surface area contributed by atoms with Gasteiger partial charge in [0.15, 0.2) is 0 Å². The van der Waals surface area contributed by atoms with E-state index in [-0.39, 0.29) is 0 Å². The monoisotopic (exact) mass is 265 g/mol. The number of rotatable bonds is 3. The largest absolute Gasteiger partial charge is 0.241 e. The molecule has 0 unspecified atom stereocenters. The molecule has 0 radical (unpaired) electrons. The molecule has 0 bridgehead atoms. The van der Waals surface area contributed by atoms with Crippen LogP contribution in [0.25, 0.3) is 11.3 Å². The van der Waals surface area contributed by atoms with E-state index in [1.54, 1.807) is 11.3 Å². The van der Waals surface area contributed by atoms with Crippen molar-refractivity contribution >= 4 is 22.9 Å². The van der Waals surface area contributed by atoms with Crippen LogP contribution in [-0.2, 0) is 6.42 Å². The number of thiazole rings is 1. The third-order valence-electron chi connectivity index (χ3n) is 2.76. The zero-order valence-electron chi connectivity index (χ0n) is 10.4. The second-order valence-electron chi connectivity index (χ2n) is 4.26. The van der Waals surface area contributed by atoms with Crippen LogP contribution in [0.4, 0.5) is 0 Å². The third kappa shape index (κ3) is 2.70. The predicted octanol–water partition coefficient (Wildman–Crippen LogP) is 4.52. The SMILES string of the molecule is Cc1ccc(-c2nc(C)sc2CCCl)c(C)c1. The number of nitrogens with zero attached hydrogens (tertiary/aromatic N) is 1. The predicted molar refractivity (Wildman–Crippen MR) is 76.2 cm³/mol. The zero-order chi connectivity index (χ0) is 12.4. The molecule has 0 atom stereocenters. The molecule has 17 heavy (non-hydrogen) atoms. The molecule has 1 nitrogen and oxygen atoms in total. The van der Waals surface area contributed by atoms with Gasteiger partial charge in [-0.15, -0.1) is 22.9 Å². The van der Waals surface area contributed by atoms with E-state index in [4.69, 9.17) is 11.6 Å². The van der Waals surface area contributed by atoms with E-state index in [1.165, 1.54) is 21.6 Å². The molecule has 1 aromatic carbocycles. The van der Waals surface area contributed by atoms with E-state index in [2.05, 4.69) is 44.0 Å². The van der Waals surface area contributed by atoms with Crippen LogP contribution in [0.5, 0.6) is 0 Å². The molecule has 2 rings (SSSR count). The summed E-state index contributed by atoms with van der Waals surface area (Å²) in [5.74, 6) is 0.652. The van der Waals surface area contributed by atoms with Crippen molar-refractivity contribution in [2.75, 3.05) is 5.88 Å². The van der Waals surface area contributed by atoms with E-state index >= 15 is 0 Å². The van der Waals surface area contributed by atoms with E-state index in [9.17, 15) is 0 Å². The molecule has 0 aliphatic heterocycles. The number of halogens is 1. The van der Waals surface area contributed by atoms with Crippen molar-refractivity contribution in [3.63, 3.8) is 0 Å². The minimum absolute atomic E-state index is 0.652. The van der Waals surface area contributed by atoms with Crippen molar-refractivity contribution in [2.24, 2.45) is 0 Å². The third-order valence-corrected chi connectivity index (χ3v) is 3.98. The highest BCUT2D eigenvalue weighted by Crippen LogP contribution is 2.31. The van der Waals surface area contributed by atoms with Crippen molar-refractivity contribution < 1.29 is 0 Å². The molecule has 0 fully saturated rings. The van der Waals surface area contributed by atoms with Crippen LogP contribution in [0.1, 0.15) is 21.0 Å². The Labute approximate surface area is 111 Å². The average Bonchev–Trinajstić information content (AvgIpc) is 2.60. The lowest BCUT2D eigenvalue weighted by atomic mass is 10.0. The molecule has 90 valence electrons. The van der Waals surface area contributed by atoms with Gasteiger partial charge in [0.05, 0.1) is 10.7 Å². The van der Waals surface area contributed by atoms with Crippen LogP contribution in [0.3, 0.4) is 0 Å². The molecule has 0 aliphatic carbocycles. The average molecular weight is 266 g/mol. The summed E-state index contributed by atoms with van der Waals surface area (Å²) in [4.78, 5) is 5.95. The normalized spacial score (nSPS) is 10.8. The second kappa shape index (κ2) is 5.19. The maximum Gasteiger partial charge on any atom is 0.0904 e. The Hall–Kier alpha value is -0.860. The van der Waals surface area contributed by atoms with Crippen LogP contribution >= 0.6 is 22.9 Å². The number of aromatic nitrogens is 1. The summed E-state index contributed by atoms with van der Waals surface area (Å²) < 4.78 is 0. The van der Waals surface area contributed by atoms with Gasteiger partial charge in [-0.1, -0.05) is 23.8 Å². The maximum absolute atomic E-state index is 5.85. The molecule has 0 spiro atoms. The van der Waals surface area contributed by atoms with Crippen molar-refractivity contribution in [1.82, 2.24) is 4.98 Å². The van der Waals surface area contributed by atoms with Crippen molar-refractivity contribution in [3.05, 3.63) is 39.2 Å². The van der Waals surface area contributed by atoms with Crippen molar-refractivity contribution in [1.29, 1.82) is 0 Å². The first-order chi connectivity index (χ1) is 8.11. The van der Waals surface area contributed by atoms with E-state index in [1.807, 2.05) is 0 Å². The quantitative estimate of drug-likeness (QED) is 0.744. The highest BCUT2D eigenvalue weighted by molar-refractivity contribution is 7.12. The standard InChI is InChI=1S/C14H16ClNS/c1-9-4-5-12(10(2)8-9)14-13(6-7-15)17-11(3)16-14/h4-5,8H,6-7H2,1-3H3. The summed E-state index contributed by atoms with van der Waals surface area (Å²) in [6.45, 7) is 6.31. The van der Waals surface area contributed by atoms with Gasteiger partial charge in [-0.05, 0) is 32.8 Å². The Morgan fingerprint density at radius 2 is 2.00 bits per heavy atom. The fourth-order valence-corrected chi connectivity index (χ4v) is 3.27. The van der Waals surface area contributed by atoms with E-state index in [0.717, 1.165) is 17.1 Å². The molecule has 3 heteroatoms. The van der Waals surface area contributed by atoms with Gasteiger partial charge in [-0.2, -0.15) is 0 Å². The lowest BCUT2D eigenvalue weighted by molar-refractivity contribution is 1.17. The Balaban J connectivity index is 2.51. The summed E-state index contributed by atoms with van der Waals surface area (Å²) in [7, 11) is 0. The number of alkyl halides is 1. The first-order valence-corrected chi connectivity index (χ1v) is 7.07. The molecular formula is C14H16ClNS. The van der Waals surface area contributed by atoms with Gasteiger partial charge in [-0.3, -0.25) is 0 Å². The smallest absolute Gasteiger partial charge is 0.0904 e. The van der Waals surface area contributed by atoms with Gasteiger partial charge in [0, 0.05) is 16.3 Å². The molecular weight excluding hydrogens is 250 g/mol. The number of benzene rings is 1. The Bertz CT molecular complexity index is 531. The molecule has 0 aliphatic rings. The van der Waals surface area contributed by atoms with E-state index in [0.29, 0.717) is 5.88 Å². The van der Waals surface area contributed by atoms with E-state index < -0.39 is 0 Å². The summed E-state index contributed by atoms with van der Waals surface area (Å²) >= 11 is 7.60.